The molecule has 0 saturated carbocycles. The molecular weight excluding hydrogens is 602 g/mol. The molecule has 9 nitrogen and oxygen atoms in total. The van der Waals surface area contributed by atoms with Crippen LogP contribution in [0.2, 0.25) is 5.02 Å². The average Bonchev–Trinajstić information content (AvgIpc) is 3.36. The van der Waals surface area contributed by atoms with Crippen molar-refractivity contribution >= 4 is 61.6 Å². The summed E-state index contributed by atoms with van der Waals surface area (Å²) in [6.45, 7) is 3.56. The minimum Gasteiger partial charge on any atom is -0.493 e. The molecule has 0 unspecified atom stereocenters. The lowest BCUT2D eigenvalue weighted by atomic mass is 10.2. The predicted molar refractivity (Wildman–Crippen MR) is 157 cm³/mol. The Bertz CT molecular complexity index is 1830. The van der Waals surface area contributed by atoms with E-state index in [4.69, 9.17) is 35.2 Å². The van der Waals surface area contributed by atoms with Crippen LogP contribution in [-0.2, 0) is 9.53 Å². The number of carbonyl (C=O) groups is 1. The average molecular weight is 625 g/mol. The number of hydrogen-bond donors (Lipinski definition) is 0. The van der Waals surface area contributed by atoms with Crippen LogP contribution in [0.5, 0.6) is 11.5 Å². The van der Waals surface area contributed by atoms with Gasteiger partial charge in [-0.3, -0.25) is 4.79 Å². The first kappa shape index (κ1) is 27.4. The first-order valence-electron chi connectivity index (χ1n) is 12.3. The third-order valence-corrected chi connectivity index (χ3v) is 6.89. The Morgan fingerprint density at radius 3 is 2.75 bits per heavy atom. The van der Waals surface area contributed by atoms with E-state index < -0.39 is 12.1 Å². The van der Waals surface area contributed by atoms with Crippen LogP contribution in [0.3, 0.4) is 0 Å². The number of rotatable bonds is 8. The van der Waals surface area contributed by atoms with E-state index >= 15 is 0 Å². The normalized spacial score (nSPS) is 12.2. The number of benzene rings is 3. The number of methoxy groups -OCH3 is 1. The van der Waals surface area contributed by atoms with Crippen molar-refractivity contribution in [3.8, 4) is 23.1 Å². The van der Waals surface area contributed by atoms with Gasteiger partial charge < -0.3 is 18.6 Å². The number of aromatic nitrogens is 2. The molecule has 5 aromatic rings. The second kappa shape index (κ2) is 11.5. The Balaban J connectivity index is 1.58. The first-order valence-corrected chi connectivity index (χ1v) is 13.4. The third-order valence-electron chi connectivity index (χ3n) is 5.97. The summed E-state index contributed by atoms with van der Waals surface area (Å²) >= 11 is 9.67. The van der Waals surface area contributed by atoms with Crippen molar-refractivity contribution in [1.82, 2.24) is 9.66 Å². The van der Waals surface area contributed by atoms with Gasteiger partial charge >= 0.3 is 5.97 Å². The molecule has 0 aliphatic carbocycles. The molecule has 1 atom stereocenters. The highest BCUT2D eigenvalue weighted by Crippen LogP contribution is 2.34. The largest absolute Gasteiger partial charge is 0.493 e. The maximum atomic E-state index is 13.6. The number of ether oxygens (including phenoxy) is 3. The lowest BCUT2D eigenvalue weighted by molar-refractivity contribution is -0.150. The zero-order valence-electron chi connectivity index (χ0n) is 21.7. The van der Waals surface area contributed by atoms with Gasteiger partial charge in [0.05, 0.1) is 30.8 Å². The fraction of sp³-hybridized carbons (Fsp3) is 0.172. The van der Waals surface area contributed by atoms with Gasteiger partial charge in [0.15, 0.2) is 23.4 Å². The van der Waals surface area contributed by atoms with Crippen molar-refractivity contribution in [3.63, 3.8) is 0 Å². The lowest BCUT2D eigenvalue weighted by Crippen LogP contribution is -2.26. The predicted octanol–water partition coefficient (Wildman–Crippen LogP) is 6.45. The van der Waals surface area contributed by atoms with Crippen LogP contribution in [0, 0.1) is 0 Å². The van der Waals surface area contributed by atoms with E-state index in [1.165, 1.54) is 18.0 Å². The molecule has 0 radical (unpaired) electrons. The fourth-order valence-corrected chi connectivity index (χ4v) is 4.64. The van der Waals surface area contributed by atoms with Gasteiger partial charge in [-0.25, -0.2) is 9.78 Å². The number of para-hydroxylation sites is 1. The van der Waals surface area contributed by atoms with Gasteiger partial charge in [-0.15, -0.1) is 0 Å². The smallest absolute Gasteiger partial charge is 0.347 e. The van der Waals surface area contributed by atoms with Crippen molar-refractivity contribution in [2.75, 3.05) is 13.7 Å². The molecular formula is C29H23BrClN3O6. The molecule has 0 amide bonds. The third kappa shape index (κ3) is 5.45. The molecule has 2 aromatic heterocycles. The zero-order valence-corrected chi connectivity index (χ0v) is 24.0. The minimum atomic E-state index is -0.844. The van der Waals surface area contributed by atoms with Crippen molar-refractivity contribution in [3.05, 3.63) is 86.1 Å². The molecule has 40 heavy (non-hydrogen) atoms. The molecule has 5 rings (SSSR count). The number of hydrogen-bond acceptors (Lipinski definition) is 8. The maximum absolute atomic E-state index is 13.6. The number of carbonyl (C=O) groups excluding carboxylic acids is 1. The molecule has 3 aromatic carbocycles. The van der Waals surface area contributed by atoms with E-state index in [1.54, 1.807) is 74.5 Å². The van der Waals surface area contributed by atoms with Gasteiger partial charge in [0.25, 0.3) is 5.56 Å². The standard InChI is InChI=1S/C29H23BrClN3O6/c1-4-38-29(36)16(2)39-25-14-21(30)18(13-24(25)37-3)15-32-34-27(33-22-8-6-5-7-20(22)28(34)35)26-12-17-11-19(31)9-10-23(17)40-26/h5-16H,4H2,1-3H3/t16-/m0/s1. The number of esters is 1. The SMILES string of the molecule is CCOC(=O)[C@H](C)Oc1cc(Br)c(C=Nn2c(-c3cc4cc(Cl)ccc4o3)nc3ccccc3c2=O)cc1OC. The molecule has 204 valence electrons. The first-order chi connectivity index (χ1) is 19.3. The Kier molecular flexibility index (Phi) is 7.90. The summed E-state index contributed by atoms with van der Waals surface area (Å²) < 4.78 is 24.1. The van der Waals surface area contributed by atoms with E-state index in [2.05, 4.69) is 21.0 Å². The van der Waals surface area contributed by atoms with Gasteiger partial charge in [0, 0.05) is 20.4 Å². The second-order valence-electron chi connectivity index (χ2n) is 8.64. The Morgan fingerprint density at radius 1 is 1.18 bits per heavy atom. The molecule has 0 N–H and O–H groups in total. The summed E-state index contributed by atoms with van der Waals surface area (Å²) in [6, 6.07) is 17.3. The lowest BCUT2D eigenvalue weighted by Gasteiger charge is -2.16. The zero-order chi connectivity index (χ0) is 28.4. The molecule has 2 heterocycles. The Morgan fingerprint density at radius 2 is 1.98 bits per heavy atom. The number of fused-ring (bicyclic) bond motifs is 2. The highest BCUT2D eigenvalue weighted by molar-refractivity contribution is 9.10. The fourth-order valence-electron chi connectivity index (χ4n) is 4.03. The maximum Gasteiger partial charge on any atom is 0.347 e. The summed E-state index contributed by atoms with van der Waals surface area (Å²) in [5.41, 5.74) is 1.31. The highest BCUT2D eigenvalue weighted by atomic mass is 79.9. The van der Waals surface area contributed by atoms with Crippen molar-refractivity contribution in [2.24, 2.45) is 5.10 Å². The van der Waals surface area contributed by atoms with Crippen LogP contribution in [0.4, 0.5) is 0 Å². The van der Waals surface area contributed by atoms with Gasteiger partial charge in [-0.2, -0.15) is 9.78 Å². The molecule has 0 spiro atoms. The summed E-state index contributed by atoms with van der Waals surface area (Å²) in [6.07, 6.45) is 0.648. The van der Waals surface area contributed by atoms with Crippen LogP contribution in [0.1, 0.15) is 19.4 Å². The van der Waals surface area contributed by atoms with E-state index in [9.17, 15) is 9.59 Å². The second-order valence-corrected chi connectivity index (χ2v) is 9.93. The van der Waals surface area contributed by atoms with Crippen LogP contribution in [-0.4, -0.2) is 41.7 Å². The minimum absolute atomic E-state index is 0.221. The van der Waals surface area contributed by atoms with Crippen LogP contribution >= 0.6 is 27.5 Å². The van der Waals surface area contributed by atoms with Gasteiger partial charge in [0.2, 0.25) is 5.82 Å². The molecule has 11 heteroatoms. The quantitative estimate of drug-likeness (QED) is 0.144. The topological polar surface area (TPSA) is 105 Å². The van der Waals surface area contributed by atoms with Crippen LogP contribution in [0.15, 0.2) is 79.4 Å². The summed E-state index contributed by atoms with van der Waals surface area (Å²) in [7, 11) is 1.48. The monoisotopic (exact) mass is 623 g/mol. The molecule has 0 fully saturated rings. The van der Waals surface area contributed by atoms with E-state index in [1.807, 2.05) is 0 Å². The Labute approximate surface area is 242 Å². The van der Waals surface area contributed by atoms with E-state index in [0.29, 0.717) is 48.8 Å². The summed E-state index contributed by atoms with van der Waals surface area (Å²) in [5, 5.41) is 6.22. The summed E-state index contributed by atoms with van der Waals surface area (Å²) in [5.74, 6) is 0.775. The Hall–Kier alpha value is -4.15. The molecule has 0 aliphatic rings. The van der Waals surface area contributed by atoms with E-state index in [0.717, 1.165) is 5.39 Å². The van der Waals surface area contributed by atoms with Gasteiger partial charge in [0.1, 0.15) is 5.58 Å². The van der Waals surface area contributed by atoms with Gasteiger partial charge in [-0.1, -0.05) is 23.7 Å². The van der Waals surface area contributed by atoms with Crippen LogP contribution < -0.4 is 15.0 Å². The number of halogens is 2. The molecule has 0 aliphatic heterocycles. The van der Waals surface area contributed by atoms with Crippen molar-refractivity contribution in [2.45, 2.75) is 20.0 Å². The van der Waals surface area contributed by atoms with Crippen LogP contribution in [0.25, 0.3) is 33.5 Å². The number of furan rings is 1. The highest BCUT2D eigenvalue weighted by Gasteiger charge is 2.20. The molecule has 0 saturated heterocycles. The molecule has 0 bridgehead atoms. The number of nitrogens with zero attached hydrogens (tertiary/aromatic N) is 3. The van der Waals surface area contributed by atoms with E-state index in [-0.39, 0.29) is 18.0 Å². The van der Waals surface area contributed by atoms with Crippen molar-refractivity contribution < 1.29 is 23.4 Å². The summed E-state index contributed by atoms with van der Waals surface area (Å²) in [4.78, 5) is 30.3. The van der Waals surface area contributed by atoms with Gasteiger partial charge in [-0.05, 0) is 78.3 Å². The van der Waals surface area contributed by atoms with Crippen molar-refractivity contribution in [1.29, 1.82) is 0 Å².